The SMILES string of the molecule is CCCN(CCC)S(=O)(=O)c1ccc(C(=O)N2CCC3(CC2)c2ccc(Cl)n2CCN3C)cc1.CCNc1ccnc2c(C(=O)N3CCC4(CC3)c3ccc(C(F)(F)F)n3CCN4C)cnn12.COc1cc(C(=O)N2CCC3(CC2)NC(C)(C)Cn2c(C(=O)C(F)(F)F)ccc23)ccc1COCCC(F)(F)F.[HH].[HH]. The summed E-state index contributed by atoms with van der Waals surface area (Å²) in [5.74, 6) is -1.32. The first-order valence-corrected chi connectivity index (χ1v) is 37.9. The Balaban J connectivity index is 0.000000188. The number of rotatable bonds is 17. The van der Waals surface area contributed by atoms with Gasteiger partial charge >= 0.3 is 18.5 Å². The lowest BCUT2D eigenvalue weighted by atomic mass is 9.79. The van der Waals surface area contributed by atoms with E-state index in [4.69, 9.17) is 21.1 Å². The molecule has 5 aromatic heterocycles. The molecule has 0 radical (unpaired) electrons. The molecule has 7 aromatic rings. The smallest absolute Gasteiger partial charge is 0.456 e. The fourth-order valence-electron chi connectivity index (χ4n) is 16.2. The van der Waals surface area contributed by atoms with Crippen molar-refractivity contribution >= 4 is 56.6 Å². The topological polar surface area (TPSA) is 209 Å². The zero-order chi connectivity index (χ0) is 77.4. The molecule has 6 aliphatic rings. The Bertz CT molecular complexity index is 4480. The minimum absolute atomic E-state index is 0. The maximum absolute atomic E-state index is 13.5. The Labute approximate surface area is 624 Å². The van der Waals surface area contributed by atoms with Crippen molar-refractivity contribution in [2.45, 2.75) is 164 Å². The molecule has 2 N–H and O–H groups in total. The van der Waals surface area contributed by atoms with E-state index in [0.717, 1.165) is 49.7 Å². The minimum atomic E-state index is -4.99. The van der Waals surface area contributed by atoms with Crippen molar-refractivity contribution in [3.05, 3.63) is 153 Å². The summed E-state index contributed by atoms with van der Waals surface area (Å²) in [5, 5.41) is 11.9. The molecule has 3 fully saturated rings. The predicted molar refractivity (Wildman–Crippen MR) is 387 cm³/mol. The highest BCUT2D eigenvalue weighted by atomic mass is 35.5. The van der Waals surface area contributed by atoms with Crippen LogP contribution in [0.5, 0.6) is 5.75 Å². The number of ether oxygens (including phenoxy) is 2. The molecule has 2 aromatic carbocycles. The van der Waals surface area contributed by atoms with Gasteiger partial charge in [0.15, 0.2) is 5.65 Å². The van der Waals surface area contributed by atoms with Crippen molar-refractivity contribution in [3.8, 4) is 5.75 Å². The lowest BCUT2D eigenvalue weighted by Gasteiger charge is -2.51. The van der Waals surface area contributed by atoms with Gasteiger partial charge in [0.25, 0.3) is 23.5 Å². The third-order valence-corrected chi connectivity index (χ3v) is 23.9. The molecule has 11 heterocycles. The van der Waals surface area contributed by atoms with Gasteiger partial charge in [0.2, 0.25) is 10.0 Å². The second-order valence-electron chi connectivity index (χ2n) is 28.9. The van der Waals surface area contributed by atoms with Crippen LogP contribution in [0.2, 0.25) is 5.15 Å². The molecule has 0 aliphatic carbocycles. The first kappa shape index (κ1) is 80.0. The number of amides is 3. The number of hydrogen-bond acceptors (Lipinski definition) is 14. The Hall–Kier alpha value is -8.01. The molecule has 3 amide bonds. The number of fused-ring (bicyclic) bond motifs is 7. The number of Topliss-reactive ketones (excluding diaryl/α,β-unsaturated/α-hetero) is 1. The zero-order valence-electron chi connectivity index (χ0n) is 61.2. The number of likely N-dealkylation sites (tertiary alicyclic amines) is 3. The lowest BCUT2D eigenvalue weighted by molar-refractivity contribution is -0.146. The van der Waals surface area contributed by atoms with Gasteiger partial charge in [0.05, 0.1) is 60.1 Å². The zero-order valence-corrected chi connectivity index (χ0v) is 62.8. The van der Waals surface area contributed by atoms with Crippen LogP contribution in [-0.4, -0.2) is 207 Å². The maximum Gasteiger partial charge on any atom is 0.456 e. The van der Waals surface area contributed by atoms with E-state index < -0.39 is 75.4 Å². The van der Waals surface area contributed by atoms with Gasteiger partial charge in [-0.05, 0) is 165 Å². The summed E-state index contributed by atoms with van der Waals surface area (Å²) in [6, 6.07) is 22.5. The summed E-state index contributed by atoms with van der Waals surface area (Å²) >= 11 is 6.40. The summed E-state index contributed by atoms with van der Waals surface area (Å²) in [6.45, 7) is 16.3. The number of nitrogens with zero attached hydrogens (tertiary/aromatic N) is 12. The lowest BCUT2D eigenvalue weighted by Crippen LogP contribution is -2.63. The Morgan fingerprint density at radius 2 is 1.21 bits per heavy atom. The summed E-state index contributed by atoms with van der Waals surface area (Å²) < 4.78 is 162. The third-order valence-electron chi connectivity index (χ3n) is 21.7. The molecule has 22 nitrogen and oxygen atoms in total. The predicted octanol–water partition coefficient (Wildman–Crippen LogP) is 12.8. The molecule has 0 atom stereocenters. The van der Waals surface area contributed by atoms with Crippen molar-refractivity contribution in [2.75, 3.05) is 105 Å². The molecule has 13 rings (SSSR count). The van der Waals surface area contributed by atoms with Crippen molar-refractivity contribution in [1.29, 1.82) is 0 Å². The average Bonchev–Trinajstić information content (AvgIpc) is 1.66. The Morgan fingerprint density at radius 3 is 1.79 bits per heavy atom. The van der Waals surface area contributed by atoms with Gasteiger partial charge < -0.3 is 43.2 Å². The fourth-order valence-corrected chi connectivity index (χ4v) is 18.1. The summed E-state index contributed by atoms with van der Waals surface area (Å²) in [5.41, 5.74) is 1.80. The van der Waals surface area contributed by atoms with Crippen LogP contribution in [0.4, 0.5) is 45.3 Å². The molecule has 3 saturated heterocycles. The average molecular weight is 1550 g/mol. The minimum Gasteiger partial charge on any atom is -0.496 e. The summed E-state index contributed by atoms with van der Waals surface area (Å²) in [6.07, 6.45) is -6.44. The molecule has 0 unspecified atom stereocenters. The summed E-state index contributed by atoms with van der Waals surface area (Å²) in [7, 11) is 1.94. The van der Waals surface area contributed by atoms with Crippen LogP contribution in [0.3, 0.4) is 0 Å². The van der Waals surface area contributed by atoms with Crippen LogP contribution < -0.4 is 15.4 Å². The Morgan fingerprint density at radius 1 is 0.664 bits per heavy atom. The number of likely N-dealkylation sites (N-methyl/N-ethyl adjacent to an activating group) is 2. The first-order chi connectivity index (χ1) is 50.6. The second kappa shape index (κ2) is 31.5. The van der Waals surface area contributed by atoms with Gasteiger partial charge in [-0.15, -0.1) is 0 Å². The molecule has 586 valence electrons. The van der Waals surface area contributed by atoms with E-state index in [1.807, 2.05) is 52.6 Å². The van der Waals surface area contributed by atoms with Crippen LogP contribution in [0.15, 0.2) is 102 Å². The summed E-state index contributed by atoms with van der Waals surface area (Å²) in [4.78, 5) is 66.4. The highest BCUT2D eigenvalue weighted by Gasteiger charge is 2.52. The largest absolute Gasteiger partial charge is 0.496 e. The molecular formula is C74H96ClF9N14O8S. The number of ketones is 1. The highest BCUT2D eigenvalue weighted by Crippen LogP contribution is 2.47. The fraction of sp³-hybridized carbons (Fsp3) is 0.541. The number of anilines is 1. The van der Waals surface area contributed by atoms with Crippen LogP contribution in [0.25, 0.3) is 5.65 Å². The normalized spacial score (nSPS) is 18.5. The van der Waals surface area contributed by atoms with E-state index in [0.29, 0.717) is 143 Å². The quantitative estimate of drug-likeness (QED) is 0.0494. The monoisotopic (exact) mass is 1550 g/mol. The van der Waals surface area contributed by atoms with E-state index in [-0.39, 0.29) is 44.2 Å². The molecule has 0 saturated carbocycles. The van der Waals surface area contributed by atoms with Crippen LogP contribution >= 0.6 is 11.6 Å². The number of methoxy groups -OCH3 is 1. The van der Waals surface area contributed by atoms with E-state index >= 15 is 0 Å². The molecule has 3 spiro atoms. The van der Waals surface area contributed by atoms with Gasteiger partial charge in [0, 0.05) is 140 Å². The Kier molecular flexibility index (Phi) is 23.6. The van der Waals surface area contributed by atoms with Gasteiger partial charge in [-0.3, -0.25) is 34.3 Å². The second-order valence-corrected chi connectivity index (χ2v) is 31.2. The number of carbonyl (C=O) groups is 4. The molecule has 107 heavy (non-hydrogen) atoms. The number of piperidine rings is 3. The van der Waals surface area contributed by atoms with Gasteiger partial charge in [-0.25, -0.2) is 13.4 Å². The van der Waals surface area contributed by atoms with E-state index in [2.05, 4.69) is 48.2 Å². The number of hydrogen-bond donors (Lipinski definition) is 2. The van der Waals surface area contributed by atoms with Crippen molar-refractivity contribution in [1.82, 2.24) is 62.4 Å². The van der Waals surface area contributed by atoms with E-state index in [1.54, 1.807) is 75.1 Å². The number of halogens is 10. The van der Waals surface area contributed by atoms with E-state index in [1.165, 1.54) is 50.6 Å². The van der Waals surface area contributed by atoms with Crippen LogP contribution in [0, 0.1) is 0 Å². The molecule has 33 heteroatoms. The number of alkyl halides is 9. The van der Waals surface area contributed by atoms with Crippen molar-refractivity contribution < 1.29 is 79.4 Å². The number of sulfonamides is 1. The van der Waals surface area contributed by atoms with Crippen LogP contribution in [-0.2, 0) is 63.8 Å². The third kappa shape index (κ3) is 16.4. The number of nitrogens with one attached hydrogen (secondary N) is 2. The maximum atomic E-state index is 13.5. The molecular weight excluding hydrogens is 1450 g/mol. The first-order valence-electron chi connectivity index (χ1n) is 36.1. The molecule has 6 aliphatic heterocycles. The number of benzene rings is 2. The highest BCUT2D eigenvalue weighted by molar-refractivity contribution is 7.89. The standard InChI is InChI=1S/C27H31F6N3O4.C25H35ClN4O3S.C22H26F3N7O.2H2/c1-24(2)16-36-19(22(37)27(31,32)33)6-7-21(36)25(34-24)8-11-35(12-9-25)23(38)17-4-5-18(20(14-17)39-3)15-40-13-10-26(28,29)30;1-4-14-29(15-5-2)34(32,33)21-8-6-20(7-9-21)24(31)28-16-12-25(13-17-28)22-10-11-23(26)30(22)19-18-27(25)3;1-3-26-18-6-9-27-19-15(14-28-32(18)19)20(33)30-10-7-21(8-11-30)16-4-5-17(22(23,24)25)31(16)13-12-29(21)2;;/h4-7,14,34H,8-13,15-16H2,1-3H3;6-11H,4-5,12-19H2,1-3H3;4-6,9,14,26H,3,7-8,10-13H2,1-2H3;2*1H. The van der Waals surface area contributed by atoms with Gasteiger partial charge in [-0.1, -0.05) is 31.5 Å². The number of aromatic nitrogens is 6. The van der Waals surface area contributed by atoms with Crippen molar-refractivity contribution in [3.63, 3.8) is 0 Å². The van der Waals surface area contributed by atoms with Gasteiger partial charge in [-0.2, -0.15) is 53.4 Å². The van der Waals surface area contributed by atoms with Crippen molar-refractivity contribution in [2.24, 2.45) is 0 Å². The van der Waals surface area contributed by atoms with E-state index in [9.17, 15) is 67.1 Å². The van der Waals surface area contributed by atoms with Crippen LogP contribution in [0.1, 0.15) is 165 Å². The van der Waals surface area contributed by atoms with Gasteiger partial charge in [0.1, 0.15) is 28.0 Å². The molecule has 0 bridgehead atoms. The number of carbonyl (C=O) groups excluding carboxylic acids is 4.